The molecule has 102 heavy (non-hydrogen) atoms. The van der Waals surface area contributed by atoms with Crippen LogP contribution in [-0.4, -0.2) is 18.3 Å². The SMILES string of the molecule is c1ccc(-c2ccc(-n3c4ccccc4c4cc(-c5ccc6c(c5)c5cc7c(cc5n6-c5ccccc5)sc5ccccc57)ccc43)cc2)cc1.c1ccc(-c2cccc(-n3c4ccc(-c5ccc6c(c5)c5ccccc5n6-c5ccccc5)cc4c4cc5c(cc43)sc3ccccc35)c2)cc1. The Balaban J connectivity index is 0.000000133. The standard InChI is InChI=1S/2C48H30N2S/c1-3-12-31(13-4-1)32-14-11-17-36(26-32)50-45-25-23-34(28-40(45)41-29-42-38-19-8-10-21-47(38)51-48(42)30-46(41)50)33-22-24-44-39(27-33)37-18-7-9-20-43(37)49(44)35-15-5-2-6-16-35;1-3-11-31(12-4-1)32-19-23-36(24-20-32)49-43-17-9-7-15-37(43)39-27-33(21-25-44(39)49)34-22-26-45-40(28-34)41-29-42-38-16-8-10-18-47(38)51-48(42)30-46(41)50(45)35-13-5-2-6-14-35/h2*1-30H. The first-order chi connectivity index (χ1) is 50.6. The number of hydrogen-bond donors (Lipinski definition) is 0. The van der Waals surface area contributed by atoms with Gasteiger partial charge in [0.05, 0.1) is 44.1 Å². The molecular weight excluding hydrogens is 1270 g/mol. The second kappa shape index (κ2) is 23.4. The van der Waals surface area contributed by atoms with Gasteiger partial charge in [-0.2, -0.15) is 0 Å². The summed E-state index contributed by atoms with van der Waals surface area (Å²) in [4.78, 5) is 0. The molecule has 0 unspecified atom stereocenters. The van der Waals surface area contributed by atoms with Crippen molar-refractivity contribution in [1.82, 2.24) is 18.3 Å². The lowest BCUT2D eigenvalue weighted by Gasteiger charge is -2.11. The van der Waals surface area contributed by atoms with Crippen LogP contribution in [0.25, 0.3) is 195 Å². The third-order valence-electron chi connectivity index (χ3n) is 21.0. The average molecular weight is 1330 g/mol. The van der Waals surface area contributed by atoms with Gasteiger partial charge in [-0.15, -0.1) is 22.7 Å². The van der Waals surface area contributed by atoms with Gasteiger partial charge in [-0.3, -0.25) is 0 Å². The zero-order valence-corrected chi connectivity index (χ0v) is 56.9. The number of aromatic nitrogens is 4. The van der Waals surface area contributed by atoms with Crippen molar-refractivity contribution < 1.29 is 0 Å². The predicted molar refractivity (Wildman–Crippen MR) is 438 cm³/mol. The topological polar surface area (TPSA) is 19.7 Å². The predicted octanol–water partition coefficient (Wildman–Crippen LogP) is 27.2. The first-order valence-corrected chi connectivity index (χ1v) is 36.5. The first-order valence-electron chi connectivity index (χ1n) is 34.9. The van der Waals surface area contributed by atoms with Crippen LogP contribution < -0.4 is 0 Å². The van der Waals surface area contributed by atoms with Crippen LogP contribution in [0.1, 0.15) is 0 Å². The molecule has 16 aromatic carbocycles. The summed E-state index contributed by atoms with van der Waals surface area (Å²) in [5.74, 6) is 0. The fourth-order valence-corrected chi connectivity index (χ4v) is 18.5. The van der Waals surface area contributed by atoms with E-state index in [9.17, 15) is 0 Å². The number of thiophene rings is 2. The van der Waals surface area contributed by atoms with Crippen molar-refractivity contribution in [3.05, 3.63) is 364 Å². The number of hydrogen-bond acceptors (Lipinski definition) is 2. The van der Waals surface area contributed by atoms with Crippen molar-refractivity contribution in [1.29, 1.82) is 0 Å². The molecular formula is C96H60N4S2. The molecule has 4 nitrogen and oxygen atoms in total. The quantitative estimate of drug-likeness (QED) is 0.144. The summed E-state index contributed by atoms with van der Waals surface area (Å²) in [6.07, 6.45) is 0. The molecule has 0 aliphatic carbocycles. The molecule has 0 spiro atoms. The van der Waals surface area contributed by atoms with Crippen LogP contribution in [0.15, 0.2) is 364 Å². The Kier molecular flexibility index (Phi) is 13.3. The average Bonchev–Trinajstić information content (AvgIpc) is 1.58. The van der Waals surface area contributed by atoms with Crippen LogP contribution in [0, 0.1) is 0 Å². The molecule has 0 radical (unpaired) electrons. The van der Waals surface area contributed by atoms with E-state index in [0.29, 0.717) is 0 Å². The van der Waals surface area contributed by atoms with Crippen molar-refractivity contribution >= 4 is 150 Å². The first kappa shape index (κ1) is 58.2. The largest absolute Gasteiger partial charge is 0.309 e. The van der Waals surface area contributed by atoms with Gasteiger partial charge >= 0.3 is 0 Å². The van der Waals surface area contributed by atoms with E-state index in [2.05, 4.69) is 382 Å². The van der Waals surface area contributed by atoms with E-state index >= 15 is 0 Å². The highest BCUT2D eigenvalue weighted by molar-refractivity contribution is 7.26. The van der Waals surface area contributed by atoms with Crippen LogP contribution in [0.5, 0.6) is 0 Å². The van der Waals surface area contributed by atoms with Crippen LogP contribution in [0.3, 0.4) is 0 Å². The van der Waals surface area contributed by atoms with Crippen molar-refractivity contribution in [3.8, 4) is 67.3 Å². The number of fused-ring (bicyclic) bond motifs is 18. The second-order valence-electron chi connectivity index (χ2n) is 26.7. The van der Waals surface area contributed by atoms with Crippen molar-refractivity contribution in [3.63, 3.8) is 0 Å². The molecule has 22 aromatic rings. The molecule has 0 atom stereocenters. The van der Waals surface area contributed by atoms with E-state index in [1.54, 1.807) is 0 Å². The molecule has 6 heterocycles. The number of benzene rings is 16. The van der Waals surface area contributed by atoms with Crippen molar-refractivity contribution in [2.45, 2.75) is 0 Å². The molecule has 0 saturated heterocycles. The Bertz CT molecular complexity index is 7090. The van der Waals surface area contributed by atoms with Gasteiger partial charge in [0.2, 0.25) is 0 Å². The maximum atomic E-state index is 2.46. The van der Waals surface area contributed by atoms with E-state index in [-0.39, 0.29) is 0 Å². The highest BCUT2D eigenvalue weighted by Crippen LogP contribution is 2.46. The molecule has 476 valence electrons. The maximum Gasteiger partial charge on any atom is 0.0555 e. The maximum absolute atomic E-state index is 2.46. The van der Waals surface area contributed by atoms with Crippen LogP contribution in [-0.2, 0) is 0 Å². The Hall–Kier alpha value is -12.8. The monoisotopic (exact) mass is 1330 g/mol. The normalized spacial score (nSPS) is 11.9. The minimum absolute atomic E-state index is 1.16. The lowest BCUT2D eigenvalue weighted by atomic mass is 10.00. The Morgan fingerprint density at radius 1 is 0.137 bits per heavy atom. The van der Waals surface area contributed by atoms with Crippen LogP contribution in [0.4, 0.5) is 0 Å². The molecule has 0 N–H and O–H groups in total. The minimum atomic E-state index is 1.16. The zero-order chi connectivity index (χ0) is 66.9. The molecule has 6 aromatic heterocycles. The number of rotatable bonds is 8. The van der Waals surface area contributed by atoms with E-state index < -0.39 is 0 Å². The third kappa shape index (κ3) is 9.34. The summed E-state index contributed by atoms with van der Waals surface area (Å²) in [6, 6.07) is 133. The molecule has 6 heteroatoms. The summed E-state index contributed by atoms with van der Waals surface area (Å²) < 4.78 is 15.0. The summed E-state index contributed by atoms with van der Waals surface area (Å²) in [6.45, 7) is 0. The molecule has 0 fully saturated rings. The molecule has 0 saturated carbocycles. The lowest BCUT2D eigenvalue weighted by molar-refractivity contribution is 1.18. The fourth-order valence-electron chi connectivity index (χ4n) is 16.3. The zero-order valence-electron chi connectivity index (χ0n) is 55.2. The van der Waals surface area contributed by atoms with E-state index in [1.165, 1.54) is 189 Å². The Morgan fingerprint density at radius 3 is 0.873 bits per heavy atom. The number of nitrogens with zero attached hydrogens (tertiary/aromatic N) is 4. The molecule has 0 aliphatic heterocycles. The lowest BCUT2D eigenvalue weighted by Crippen LogP contribution is -1.94. The van der Waals surface area contributed by atoms with Gasteiger partial charge in [-0.05, 0) is 190 Å². The molecule has 0 amide bonds. The smallest absolute Gasteiger partial charge is 0.0555 e. The van der Waals surface area contributed by atoms with Crippen LogP contribution >= 0.6 is 22.7 Å². The highest BCUT2D eigenvalue weighted by Gasteiger charge is 2.22. The fraction of sp³-hybridized carbons (Fsp3) is 0. The van der Waals surface area contributed by atoms with Gasteiger partial charge < -0.3 is 18.3 Å². The van der Waals surface area contributed by atoms with Crippen molar-refractivity contribution in [2.24, 2.45) is 0 Å². The Morgan fingerprint density at radius 2 is 0.422 bits per heavy atom. The van der Waals surface area contributed by atoms with Crippen molar-refractivity contribution in [2.75, 3.05) is 0 Å². The van der Waals surface area contributed by atoms with E-state index in [1.807, 2.05) is 22.7 Å². The Labute approximate surface area is 595 Å². The van der Waals surface area contributed by atoms with Gasteiger partial charge in [0.25, 0.3) is 0 Å². The molecule has 22 rings (SSSR count). The summed E-state index contributed by atoms with van der Waals surface area (Å²) in [5, 5.41) is 15.4. The minimum Gasteiger partial charge on any atom is -0.309 e. The molecule has 0 aliphatic rings. The van der Waals surface area contributed by atoms with Crippen LogP contribution in [0.2, 0.25) is 0 Å². The third-order valence-corrected chi connectivity index (χ3v) is 23.3. The summed E-state index contributed by atoms with van der Waals surface area (Å²) in [7, 11) is 0. The second-order valence-corrected chi connectivity index (χ2v) is 28.9. The molecule has 0 bridgehead atoms. The van der Waals surface area contributed by atoms with Gasteiger partial charge in [-0.25, -0.2) is 0 Å². The van der Waals surface area contributed by atoms with Gasteiger partial charge in [0.15, 0.2) is 0 Å². The highest BCUT2D eigenvalue weighted by atomic mass is 32.1. The van der Waals surface area contributed by atoms with E-state index in [0.717, 1.165) is 5.69 Å². The summed E-state index contributed by atoms with van der Waals surface area (Å²) in [5.41, 5.74) is 24.2. The summed E-state index contributed by atoms with van der Waals surface area (Å²) >= 11 is 3.75. The van der Waals surface area contributed by atoms with Gasteiger partial charge in [0.1, 0.15) is 0 Å². The number of para-hydroxylation sites is 4. The van der Waals surface area contributed by atoms with Gasteiger partial charge in [-0.1, -0.05) is 218 Å². The van der Waals surface area contributed by atoms with Gasteiger partial charge in [0, 0.05) is 106 Å². The van der Waals surface area contributed by atoms with E-state index in [4.69, 9.17) is 0 Å².